The topological polar surface area (TPSA) is 77.0 Å². The Kier molecular flexibility index (Phi) is 4.80. The van der Waals surface area contributed by atoms with Crippen molar-refractivity contribution in [2.75, 3.05) is 5.32 Å². The third-order valence-electron chi connectivity index (χ3n) is 4.15. The number of ether oxygens (including phenoxy) is 1. The van der Waals surface area contributed by atoms with E-state index in [1.54, 1.807) is 24.5 Å². The van der Waals surface area contributed by atoms with Crippen molar-refractivity contribution in [1.29, 1.82) is 0 Å². The molecule has 0 bridgehead atoms. The minimum Gasteiger partial charge on any atom is -0.455 e. The van der Waals surface area contributed by atoms with Crippen LogP contribution in [0.5, 0.6) is 0 Å². The van der Waals surface area contributed by atoms with Crippen molar-refractivity contribution in [3.05, 3.63) is 65.6 Å². The van der Waals surface area contributed by atoms with Gasteiger partial charge in [-0.3, -0.25) is 4.98 Å². The average molecular weight is 407 g/mol. The first-order chi connectivity index (χ1) is 13.8. The van der Waals surface area contributed by atoms with Gasteiger partial charge >= 0.3 is 5.97 Å². The number of fused-ring (bicyclic) bond motifs is 3. The first kappa shape index (κ1) is 19.1. The number of anilines is 2. The van der Waals surface area contributed by atoms with E-state index in [4.69, 9.17) is 16.3 Å². The number of hydrogen-bond acceptors (Lipinski definition) is 6. The molecular formula is C22H19ClN4O2. The number of rotatable bonds is 3. The van der Waals surface area contributed by atoms with E-state index >= 15 is 0 Å². The lowest BCUT2D eigenvalue weighted by molar-refractivity contribution is 0.00632. The first-order valence-corrected chi connectivity index (χ1v) is 9.48. The van der Waals surface area contributed by atoms with Crippen LogP contribution in [0.25, 0.3) is 21.8 Å². The molecule has 146 valence electrons. The highest BCUT2D eigenvalue weighted by molar-refractivity contribution is 6.30. The monoisotopic (exact) mass is 406 g/mol. The fraction of sp³-hybridized carbons (Fsp3) is 0.182. The molecule has 6 nitrogen and oxygen atoms in total. The van der Waals surface area contributed by atoms with E-state index in [2.05, 4.69) is 20.3 Å². The standard InChI is InChI=1S/C22H19ClN4O2/c1-22(2,3)29-21(28)18-8-7-15-17-12-24-10-9-16(17)19(27-20(15)26-18)25-14-6-4-5-13(23)11-14/h4-12H,1-3H3,(H,25,26,27). The maximum Gasteiger partial charge on any atom is 0.357 e. The van der Waals surface area contributed by atoms with Crippen LogP contribution in [-0.4, -0.2) is 26.5 Å². The quantitative estimate of drug-likeness (QED) is 0.356. The van der Waals surface area contributed by atoms with Crippen LogP contribution in [0, 0.1) is 0 Å². The zero-order chi connectivity index (χ0) is 20.6. The van der Waals surface area contributed by atoms with E-state index in [-0.39, 0.29) is 5.69 Å². The Morgan fingerprint density at radius 2 is 1.86 bits per heavy atom. The summed E-state index contributed by atoms with van der Waals surface area (Å²) in [6.07, 6.45) is 3.47. The van der Waals surface area contributed by atoms with Crippen molar-refractivity contribution in [3.8, 4) is 0 Å². The molecule has 29 heavy (non-hydrogen) atoms. The van der Waals surface area contributed by atoms with Crippen LogP contribution in [0.15, 0.2) is 54.9 Å². The minimum atomic E-state index is -0.603. The van der Waals surface area contributed by atoms with Gasteiger partial charge in [0.2, 0.25) is 0 Å². The average Bonchev–Trinajstić information content (AvgIpc) is 2.66. The Morgan fingerprint density at radius 3 is 2.62 bits per heavy atom. The number of esters is 1. The minimum absolute atomic E-state index is 0.205. The van der Waals surface area contributed by atoms with Gasteiger partial charge in [-0.05, 0) is 57.2 Å². The summed E-state index contributed by atoms with van der Waals surface area (Å²) in [4.78, 5) is 25.8. The molecular weight excluding hydrogens is 388 g/mol. The Bertz CT molecular complexity index is 1230. The summed E-state index contributed by atoms with van der Waals surface area (Å²) in [5, 5.41) is 6.48. The number of hydrogen-bond donors (Lipinski definition) is 1. The summed E-state index contributed by atoms with van der Waals surface area (Å²) in [5.74, 6) is 0.114. The van der Waals surface area contributed by atoms with Crippen LogP contribution in [0.3, 0.4) is 0 Å². The molecule has 0 aliphatic rings. The first-order valence-electron chi connectivity index (χ1n) is 9.10. The number of carbonyl (C=O) groups excluding carboxylic acids is 1. The predicted molar refractivity (Wildman–Crippen MR) is 115 cm³/mol. The second-order valence-corrected chi connectivity index (χ2v) is 8.02. The van der Waals surface area contributed by atoms with Gasteiger partial charge in [0.25, 0.3) is 0 Å². The molecule has 7 heteroatoms. The van der Waals surface area contributed by atoms with Gasteiger partial charge in [-0.1, -0.05) is 17.7 Å². The molecule has 0 aliphatic carbocycles. The molecule has 0 radical (unpaired) electrons. The maximum absolute atomic E-state index is 12.4. The van der Waals surface area contributed by atoms with Crippen molar-refractivity contribution >= 4 is 50.9 Å². The lowest BCUT2D eigenvalue weighted by Gasteiger charge is -2.19. The molecule has 0 fully saturated rings. The zero-order valence-corrected chi connectivity index (χ0v) is 17.0. The van der Waals surface area contributed by atoms with Gasteiger partial charge in [-0.15, -0.1) is 0 Å². The summed E-state index contributed by atoms with van der Waals surface area (Å²) in [6.45, 7) is 5.45. The zero-order valence-electron chi connectivity index (χ0n) is 16.2. The summed E-state index contributed by atoms with van der Waals surface area (Å²) in [6, 6.07) is 12.7. The lowest BCUT2D eigenvalue weighted by atomic mass is 10.1. The highest BCUT2D eigenvalue weighted by Gasteiger charge is 2.20. The van der Waals surface area contributed by atoms with Gasteiger partial charge in [0.05, 0.1) is 0 Å². The van der Waals surface area contributed by atoms with Crippen LogP contribution in [0.2, 0.25) is 5.02 Å². The molecule has 3 heterocycles. The second kappa shape index (κ2) is 7.29. The summed E-state index contributed by atoms with van der Waals surface area (Å²) < 4.78 is 5.43. The molecule has 1 aromatic carbocycles. The van der Waals surface area contributed by atoms with Crippen LogP contribution >= 0.6 is 11.6 Å². The van der Waals surface area contributed by atoms with Gasteiger partial charge < -0.3 is 10.1 Å². The Morgan fingerprint density at radius 1 is 1.03 bits per heavy atom. The Labute approximate surface area is 172 Å². The predicted octanol–water partition coefficient (Wildman–Crippen LogP) is 5.53. The highest BCUT2D eigenvalue weighted by Crippen LogP contribution is 2.30. The molecule has 0 saturated heterocycles. The number of aromatic nitrogens is 3. The molecule has 0 spiro atoms. The molecule has 0 atom stereocenters. The number of benzene rings is 1. The fourth-order valence-electron chi connectivity index (χ4n) is 2.97. The smallest absolute Gasteiger partial charge is 0.357 e. The maximum atomic E-state index is 12.4. The summed E-state index contributed by atoms with van der Waals surface area (Å²) >= 11 is 6.10. The molecule has 1 N–H and O–H groups in total. The summed E-state index contributed by atoms with van der Waals surface area (Å²) in [5.41, 5.74) is 0.828. The summed E-state index contributed by atoms with van der Waals surface area (Å²) in [7, 11) is 0. The Balaban J connectivity index is 1.84. The van der Waals surface area contributed by atoms with Crippen molar-refractivity contribution in [2.24, 2.45) is 0 Å². The number of pyridine rings is 3. The van der Waals surface area contributed by atoms with E-state index < -0.39 is 11.6 Å². The third kappa shape index (κ3) is 4.12. The number of nitrogens with one attached hydrogen (secondary N) is 1. The van der Waals surface area contributed by atoms with E-state index in [0.29, 0.717) is 16.5 Å². The molecule has 4 rings (SSSR count). The molecule has 0 aliphatic heterocycles. The molecule has 0 unspecified atom stereocenters. The second-order valence-electron chi connectivity index (χ2n) is 7.59. The molecule has 3 aromatic heterocycles. The Hall–Kier alpha value is -3.25. The van der Waals surface area contributed by atoms with Gasteiger partial charge in [-0.25, -0.2) is 14.8 Å². The molecule has 4 aromatic rings. The van der Waals surface area contributed by atoms with Crippen molar-refractivity contribution in [2.45, 2.75) is 26.4 Å². The van der Waals surface area contributed by atoms with Crippen molar-refractivity contribution in [1.82, 2.24) is 15.0 Å². The number of halogens is 1. The van der Waals surface area contributed by atoms with Gasteiger partial charge in [0, 0.05) is 39.3 Å². The van der Waals surface area contributed by atoms with Crippen LogP contribution in [-0.2, 0) is 4.74 Å². The largest absolute Gasteiger partial charge is 0.455 e. The molecule has 0 amide bonds. The number of nitrogens with zero attached hydrogens (tertiary/aromatic N) is 3. The van der Waals surface area contributed by atoms with E-state index in [1.807, 2.05) is 51.1 Å². The molecule has 0 saturated carbocycles. The third-order valence-corrected chi connectivity index (χ3v) is 4.39. The van der Waals surface area contributed by atoms with E-state index in [1.165, 1.54) is 0 Å². The fourth-order valence-corrected chi connectivity index (χ4v) is 3.16. The van der Waals surface area contributed by atoms with Crippen LogP contribution in [0.1, 0.15) is 31.3 Å². The lowest BCUT2D eigenvalue weighted by Crippen LogP contribution is -2.24. The van der Waals surface area contributed by atoms with Crippen molar-refractivity contribution < 1.29 is 9.53 Å². The van der Waals surface area contributed by atoms with E-state index in [0.717, 1.165) is 21.8 Å². The SMILES string of the molecule is CC(C)(C)OC(=O)c1ccc2c(n1)nc(Nc1cccc(Cl)c1)c1ccncc12. The van der Waals surface area contributed by atoms with Gasteiger partial charge in [-0.2, -0.15) is 0 Å². The van der Waals surface area contributed by atoms with E-state index in [9.17, 15) is 4.79 Å². The van der Waals surface area contributed by atoms with Crippen molar-refractivity contribution in [3.63, 3.8) is 0 Å². The van der Waals surface area contributed by atoms with Crippen LogP contribution < -0.4 is 5.32 Å². The normalized spacial score (nSPS) is 11.6. The number of carbonyl (C=O) groups is 1. The highest BCUT2D eigenvalue weighted by atomic mass is 35.5. The van der Waals surface area contributed by atoms with Gasteiger partial charge in [0.1, 0.15) is 11.4 Å². The van der Waals surface area contributed by atoms with Crippen LogP contribution in [0.4, 0.5) is 11.5 Å². The van der Waals surface area contributed by atoms with Gasteiger partial charge in [0.15, 0.2) is 11.3 Å².